The third kappa shape index (κ3) is 4.41. The summed E-state index contributed by atoms with van der Waals surface area (Å²) in [7, 11) is 0. The van der Waals surface area contributed by atoms with Crippen molar-refractivity contribution in [3.63, 3.8) is 0 Å². The van der Waals surface area contributed by atoms with Gasteiger partial charge in [0.15, 0.2) is 0 Å². The van der Waals surface area contributed by atoms with Crippen LogP contribution in [-0.2, 0) is 14.3 Å². The molecule has 7 nitrogen and oxygen atoms in total. The topological polar surface area (TPSA) is 84.4 Å². The van der Waals surface area contributed by atoms with Crippen molar-refractivity contribution in [3.8, 4) is 0 Å². The first-order valence-electron chi connectivity index (χ1n) is 7.58. The Balaban J connectivity index is 1.79. The summed E-state index contributed by atoms with van der Waals surface area (Å²) in [4.78, 5) is 34.0. The third-order valence-electron chi connectivity index (χ3n) is 3.64. The molecule has 22 heavy (non-hydrogen) atoms. The highest BCUT2D eigenvalue weighted by Gasteiger charge is 2.26. The van der Waals surface area contributed by atoms with Gasteiger partial charge in [0.2, 0.25) is 11.9 Å². The van der Waals surface area contributed by atoms with E-state index in [2.05, 4.69) is 20.2 Å². The smallest absolute Gasteiger partial charge is 0.325 e. The van der Waals surface area contributed by atoms with Crippen LogP contribution < -0.4 is 10.2 Å². The van der Waals surface area contributed by atoms with Gasteiger partial charge in [-0.3, -0.25) is 9.59 Å². The number of aryl methyl sites for hydroxylation is 1. The van der Waals surface area contributed by atoms with E-state index in [-0.39, 0.29) is 18.4 Å². The Morgan fingerprint density at radius 3 is 2.77 bits per heavy atom. The summed E-state index contributed by atoms with van der Waals surface area (Å²) in [5, 5.41) is 2.64. The average molecular weight is 306 g/mol. The first-order valence-corrected chi connectivity index (χ1v) is 7.58. The second kappa shape index (κ2) is 7.72. The minimum atomic E-state index is -0.401. The molecule has 0 spiro atoms. The normalized spacial score (nSPS) is 15.5. The van der Waals surface area contributed by atoms with Crippen LogP contribution in [0.15, 0.2) is 12.3 Å². The Bertz CT molecular complexity index is 527. The van der Waals surface area contributed by atoms with E-state index in [1.807, 2.05) is 13.0 Å². The van der Waals surface area contributed by atoms with Gasteiger partial charge >= 0.3 is 5.97 Å². The standard InChI is InChI=1S/C15H22N4O3/c1-3-22-13(20)10-17-14(21)12-5-8-19(9-6-12)15-16-7-4-11(2)18-15/h4,7,12H,3,5-6,8-10H2,1-2H3,(H,17,21). The Morgan fingerprint density at radius 1 is 1.41 bits per heavy atom. The van der Waals surface area contributed by atoms with Crippen molar-refractivity contribution < 1.29 is 14.3 Å². The lowest BCUT2D eigenvalue weighted by molar-refractivity contribution is -0.143. The lowest BCUT2D eigenvalue weighted by Gasteiger charge is -2.31. The Kier molecular flexibility index (Phi) is 5.68. The first kappa shape index (κ1) is 16.2. The minimum Gasteiger partial charge on any atom is -0.465 e. The van der Waals surface area contributed by atoms with Gasteiger partial charge in [-0.25, -0.2) is 9.97 Å². The number of nitrogens with zero attached hydrogens (tertiary/aromatic N) is 3. The molecule has 0 aliphatic carbocycles. The number of amides is 1. The molecule has 0 atom stereocenters. The largest absolute Gasteiger partial charge is 0.465 e. The van der Waals surface area contributed by atoms with Gasteiger partial charge < -0.3 is 15.0 Å². The van der Waals surface area contributed by atoms with E-state index in [1.54, 1.807) is 13.1 Å². The fourth-order valence-electron chi connectivity index (χ4n) is 2.45. The van der Waals surface area contributed by atoms with Crippen LogP contribution in [0.25, 0.3) is 0 Å². The lowest BCUT2D eigenvalue weighted by atomic mass is 9.96. The lowest BCUT2D eigenvalue weighted by Crippen LogP contribution is -2.42. The summed E-state index contributed by atoms with van der Waals surface area (Å²) < 4.78 is 4.79. The molecule has 1 saturated heterocycles. The van der Waals surface area contributed by atoms with Crippen LogP contribution in [0.2, 0.25) is 0 Å². The molecule has 1 N–H and O–H groups in total. The van der Waals surface area contributed by atoms with Crippen molar-refractivity contribution >= 4 is 17.8 Å². The fraction of sp³-hybridized carbons (Fsp3) is 0.600. The number of anilines is 1. The van der Waals surface area contributed by atoms with Crippen LogP contribution in [0.3, 0.4) is 0 Å². The molecule has 0 saturated carbocycles. The van der Waals surface area contributed by atoms with Crippen LogP contribution in [0, 0.1) is 12.8 Å². The van der Waals surface area contributed by atoms with E-state index in [4.69, 9.17) is 4.74 Å². The first-order chi connectivity index (χ1) is 10.6. The molecule has 1 fully saturated rings. The molecule has 2 rings (SSSR count). The molecule has 1 amide bonds. The zero-order valence-electron chi connectivity index (χ0n) is 13.0. The summed E-state index contributed by atoms with van der Waals surface area (Å²) in [5.41, 5.74) is 0.930. The zero-order valence-corrected chi connectivity index (χ0v) is 13.0. The van der Waals surface area contributed by atoms with Gasteiger partial charge in [0.25, 0.3) is 0 Å². The molecule has 120 valence electrons. The van der Waals surface area contributed by atoms with Crippen LogP contribution in [-0.4, -0.2) is 48.1 Å². The van der Waals surface area contributed by atoms with Crippen molar-refractivity contribution in [1.29, 1.82) is 0 Å². The monoisotopic (exact) mass is 306 g/mol. The molecule has 0 bridgehead atoms. The van der Waals surface area contributed by atoms with Crippen molar-refractivity contribution in [1.82, 2.24) is 15.3 Å². The van der Waals surface area contributed by atoms with Gasteiger partial charge in [-0.05, 0) is 32.8 Å². The Morgan fingerprint density at radius 2 is 2.14 bits per heavy atom. The predicted octanol–water partition coefficient (Wildman–Crippen LogP) is 0.681. The number of esters is 1. The molecule has 1 aliphatic rings. The molecule has 0 aromatic carbocycles. The number of rotatable bonds is 5. The maximum atomic E-state index is 12.0. The van der Waals surface area contributed by atoms with E-state index in [0.29, 0.717) is 12.6 Å². The van der Waals surface area contributed by atoms with Gasteiger partial charge in [0.05, 0.1) is 6.61 Å². The zero-order chi connectivity index (χ0) is 15.9. The van der Waals surface area contributed by atoms with Gasteiger partial charge in [-0.1, -0.05) is 0 Å². The number of nitrogens with one attached hydrogen (secondary N) is 1. The molecule has 1 aromatic heterocycles. The highest BCUT2D eigenvalue weighted by atomic mass is 16.5. The molecule has 0 radical (unpaired) electrons. The van der Waals surface area contributed by atoms with Gasteiger partial charge in [0, 0.05) is 30.9 Å². The number of carbonyl (C=O) groups is 2. The van der Waals surface area contributed by atoms with E-state index >= 15 is 0 Å². The highest BCUT2D eigenvalue weighted by molar-refractivity contribution is 5.83. The molecule has 1 aromatic rings. The van der Waals surface area contributed by atoms with Crippen LogP contribution in [0.5, 0.6) is 0 Å². The van der Waals surface area contributed by atoms with Crippen LogP contribution in [0.4, 0.5) is 5.95 Å². The van der Waals surface area contributed by atoms with E-state index in [1.165, 1.54) is 0 Å². The summed E-state index contributed by atoms with van der Waals surface area (Å²) >= 11 is 0. The van der Waals surface area contributed by atoms with Crippen LogP contribution >= 0.6 is 0 Å². The number of hydrogen-bond acceptors (Lipinski definition) is 6. The van der Waals surface area contributed by atoms with Crippen molar-refractivity contribution in [2.24, 2.45) is 5.92 Å². The highest BCUT2D eigenvalue weighted by Crippen LogP contribution is 2.20. The molecule has 1 aliphatic heterocycles. The third-order valence-corrected chi connectivity index (χ3v) is 3.64. The maximum Gasteiger partial charge on any atom is 0.325 e. The van der Waals surface area contributed by atoms with Crippen molar-refractivity contribution in [2.75, 3.05) is 31.1 Å². The summed E-state index contributed by atoms with van der Waals surface area (Å²) in [6, 6.07) is 1.86. The van der Waals surface area contributed by atoms with Gasteiger partial charge in [0.1, 0.15) is 6.54 Å². The average Bonchev–Trinajstić information content (AvgIpc) is 2.53. The molecular weight excluding hydrogens is 284 g/mol. The van der Waals surface area contributed by atoms with E-state index in [0.717, 1.165) is 31.6 Å². The molecule has 7 heteroatoms. The number of hydrogen-bond donors (Lipinski definition) is 1. The number of aromatic nitrogens is 2. The maximum absolute atomic E-state index is 12.0. The Hall–Kier alpha value is -2.18. The SMILES string of the molecule is CCOC(=O)CNC(=O)C1CCN(c2nccc(C)n2)CC1. The molecule has 0 unspecified atom stereocenters. The Labute approximate surface area is 130 Å². The summed E-state index contributed by atoms with van der Waals surface area (Å²) in [6.45, 7) is 5.41. The molecular formula is C15H22N4O3. The molecule has 2 heterocycles. The minimum absolute atomic E-state index is 0.0616. The fourth-order valence-corrected chi connectivity index (χ4v) is 2.45. The van der Waals surface area contributed by atoms with Gasteiger partial charge in [-0.15, -0.1) is 0 Å². The quantitative estimate of drug-likeness (QED) is 0.805. The number of carbonyl (C=O) groups excluding carboxylic acids is 2. The summed E-state index contributed by atoms with van der Waals surface area (Å²) in [5.74, 6) is 0.153. The number of ether oxygens (including phenoxy) is 1. The second-order valence-electron chi connectivity index (χ2n) is 5.28. The van der Waals surface area contributed by atoms with Crippen molar-refractivity contribution in [2.45, 2.75) is 26.7 Å². The van der Waals surface area contributed by atoms with E-state index < -0.39 is 5.97 Å². The van der Waals surface area contributed by atoms with E-state index in [9.17, 15) is 9.59 Å². The van der Waals surface area contributed by atoms with Crippen molar-refractivity contribution in [3.05, 3.63) is 18.0 Å². The van der Waals surface area contributed by atoms with Crippen LogP contribution in [0.1, 0.15) is 25.5 Å². The number of piperidine rings is 1. The summed E-state index contributed by atoms with van der Waals surface area (Å²) in [6.07, 6.45) is 3.20. The predicted molar refractivity (Wildman–Crippen MR) is 81.3 cm³/mol. The van der Waals surface area contributed by atoms with Gasteiger partial charge in [-0.2, -0.15) is 0 Å². The second-order valence-corrected chi connectivity index (χ2v) is 5.28.